The lowest BCUT2D eigenvalue weighted by Gasteiger charge is -2.31. The van der Waals surface area contributed by atoms with Crippen molar-refractivity contribution in [2.45, 2.75) is 18.8 Å². The van der Waals surface area contributed by atoms with E-state index in [0.29, 0.717) is 23.7 Å². The zero-order chi connectivity index (χ0) is 60.8. The highest BCUT2D eigenvalue weighted by Crippen LogP contribution is 2.51. The second-order valence-electron chi connectivity index (χ2n) is 25.9. The van der Waals surface area contributed by atoms with Crippen molar-refractivity contribution < 1.29 is 0 Å². The Hall–Kier alpha value is -10.7. The predicted molar refractivity (Wildman–Crippen MR) is 401 cm³/mol. The van der Waals surface area contributed by atoms with Gasteiger partial charge in [-0.3, -0.25) is 0 Å². The first-order valence-electron chi connectivity index (χ1n) is 32.8. The minimum atomic E-state index is 0.356. The van der Waals surface area contributed by atoms with Crippen LogP contribution in [0.15, 0.2) is 315 Å². The molecule has 0 fully saturated rings. The zero-order valence-corrected chi connectivity index (χ0v) is 52.6. The number of fused-ring (bicyclic) bond motifs is 16. The molecule has 0 amide bonds. The van der Waals surface area contributed by atoms with Crippen LogP contribution in [0.2, 0.25) is 0 Å². The van der Waals surface area contributed by atoms with Gasteiger partial charge in [-0.25, -0.2) is 0 Å². The Kier molecular flexibility index (Phi) is 11.9. The molecule has 0 saturated heterocycles. The molecule has 5 aliphatic rings. The second kappa shape index (κ2) is 20.9. The second-order valence-corrected chi connectivity index (χ2v) is 28.0. The van der Waals surface area contributed by atoms with Crippen LogP contribution in [0, 0.1) is 17.8 Å². The van der Waals surface area contributed by atoms with Crippen molar-refractivity contribution in [3.63, 3.8) is 0 Å². The summed E-state index contributed by atoms with van der Waals surface area (Å²) in [5.41, 5.74) is 24.6. The maximum absolute atomic E-state index is 2.55. The van der Waals surface area contributed by atoms with Crippen molar-refractivity contribution >= 4 is 118 Å². The molecule has 3 aromatic heterocycles. The predicted octanol–water partition coefficient (Wildman–Crippen LogP) is 25.4. The van der Waals surface area contributed by atoms with Crippen molar-refractivity contribution in [1.29, 1.82) is 0 Å². The van der Waals surface area contributed by atoms with Crippen molar-refractivity contribution in [3.8, 4) is 61.3 Å². The highest BCUT2D eigenvalue weighted by Gasteiger charge is 2.30. The number of allylic oxidation sites excluding steroid dienone is 15. The van der Waals surface area contributed by atoms with E-state index < -0.39 is 0 Å². The summed E-state index contributed by atoms with van der Waals surface area (Å²) in [6.45, 7) is 0. The fourth-order valence-electron chi connectivity index (χ4n) is 16.7. The molecule has 0 aliphatic heterocycles. The maximum Gasteiger partial charge on any atom is 0.0541 e. The van der Waals surface area contributed by atoms with Gasteiger partial charge in [0.25, 0.3) is 0 Å². The fraction of sp³-hybridized carbons (Fsp3) is 0.0667. The number of nitrogens with zero attached hydrogens (tertiary/aromatic N) is 1. The number of hydrogen-bond donors (Lipinski definition) is 0. The van der Waals surface area contributed by atoms with Crippen LogP contribution in [0.4, 0.5) is 0 Å². The van der Waals surface area contributed by atoms with Crippen LogP contribution < -0.4 is 0 Å². The van der Waals surface area contributed by atoms with E-state index in [2.05, 4.69) is 314 Å². The largest absolute Gasteiger partial charge is 0.309 e. The van der Waals surface area contributed by atoms with E-state index in [-0.39, 0.29) is 0 Å². The van der Waals surface area contributed by atoms with E-state index in [1.165, 1.54) is 173 Å². The summed E-state index contributed by atoms with van der Waals surface area (Å²) in [6, 6.07) is 87.8. The van der Waals surface area contributed by atoms with Crippen LogP contribution in [0.25, 0.3) is 157 Å². The normalized spacial score (nSPS) is 18.0. The van der Waals surface area contributed by atoms with Crippen LogP contribution in [-0.4, -0.2) is 4.57 Å². The number of hydrogen-bond acceptors (Lipinski definition) is 2. The molecule has 93 heavy (non-hydrogen) atoms. The SMILES string of the molecule is C1=CC2C=CC3=C(C=C(c4cccc5c4sc4c(-c6ccc7c(c6)c6cc(-c8cccc9c8sc8c(-c%10ccc%11c(c%10)C%10C=CC=CC%10C=C%11)cccc89)ccc6n7-c6ccc(-c7c8ccccc8c(-c8ccccc8)c8ccccc78)cc6)cccc45)CC3)C2C=C1. The Bertz CT molecular complexity index is 5940. The van der Waals surface area contributed by atoms with E-state index in [1.54, 1.807) is 0 Å². The van der Waals surface area contributed by atoms with Gasteiger partial charge in [-0.15, -0.1) is 22.7 Å². The molecule has 1 nitrogen and oxygen atoms in total. The number of aromatic nitrogens is 1. The molecule has 15 aromatic rings. The van der Waals surface area contributed by atoms with Gasteiger partial charge in [0, 0.05) is 80.5 Å². The van der Waals surface area contributed by atoms with Gasteiger partial charge in [0.15, 0.2) is 0 Å². The minimum Gasteiger partial charge on any atom is -0.309 e. The maximum atomic E-state index is 2.55. The monoisotopic (exact) mass is 1220 g/mol. The first kappa shape index (κ1) is 53.0. The van der Waals surface area contributed by atoms with Gasteiger partial charge in [-0.2, -0.15) is 0 Å². The molecule has 12 aromatic carbocycles. The molecule has 0 spiro atoms. The average Bonchev–Trinajstić information content (AvgIpc) is 1.72. The third-order valence-corrected chi connectivity index (χ3v) is 23.6. The zero-order valence-electron chi connectivity index (χ0n) is 50.9. The molecule has 436 valence electrons. The molecule has 4 unspecified atom stereocenters. The molecule has 20 rings (SSSR count). The molecule has 4 atom stereocenters. The average molecular weight is 1220 g/mol. The van der Waals surface area contributed by atoms with Crippen LogP contribution in [0.3, 0.4) is 0 Å². The summed E-state index contributed by atoms with van der Waals surface area (Å²) in [5, 5.41) is 12.8. The Labute approximate surface area is 547 Å². The Balaban J connectivity index is 0.750. The lowest BCUT2D eigenvalue weighted by molar-refractivity contribution is 0.621. The number of rotatable bonds is 7. The van der Waals surface area contributed by atoms with Gasteiger partial charge in [0.1, 0.15) is 0 Å². The van der Waals surface area contributed by atoms with Crippen LogP contribution in [-0.2, 0) is 0 Å². The number of thiophene rings is 2. The first-order chi connectivity index (χ1) is 46.1. The van der Waals surface area contributed by atoms with Crippen LogP contribution >= 0.6 is 22.7 Å². The quantitative estimate of drug-likeness (QED) is 0.140. The van der Waals surface area contributed by atoms with Gasteiger partial charge >= 0.3 is 0 Å². The highest BCUT2D eigenvalue weighted by molar-refractivity contribution is 7.27. The third-order valence-electron chi connectivity index (χ3n) is 21.0. The summed E-state index contributed by atoms with van der Waals surface area (Å²) in [6.07, 6.45) is 32.5. The summed E-state index contributed by atoms with van der Waals surface area (Å²) >= 11 is 3.91. The molecule has 3 heterocycles. The van der Waals surface area contributed by atoms with E-state index >= 15 is 0 Å². The van der Waals surface area contributed by atoms with Crippen molar-refractivity contribution in [3.05, 3.63) is 331 Å². The molecular formula is C90H59NS2. The van der Waals surface area contributed by atoms with Gasteiger partial charge in [-0.05, 0) is 166 Å². The lowest BCUT2D eigenvalue weighted by atomic mass is 9.73. The molecule has 3 heteroatoms. The lowest BCUT2D eigenvalue weighted by Crippen LogP contribution is -2.18. The summed E-state index contributed by atoms with van der Waals surface area (Å²) < 4.78 is 7.88. The minimum absolute atomic E-state index is 0.356. The topological polar surface area (TPSA) is 4.93 Å². The Morgan fingerprint density at radius 3 is 1.35 bits per heavy atom. The van der Waals surface area contributed by atoms with Crippen molar-refractivity contribution in [2.75, 3.05) is 0 Å². The van der Waals surface area contributed by atoms with E-state index in [9.17, 15) is 0 Å². The fourth-order valence-corrected chi connectivity index (χ4v) is 19.4. The van der Waals surface area contributed by atoms with Gasteiger partial charge in [0.2, 0.25) is 0 Å². The highest BCUT2D eigenvalue weighted by atomic mass is 32.1. The molecule has 0 bridgehead atoms. The molecule has 0 radical (unpaired) electrons. The standard InChI is InChI=1S/C90H59NS2/c1-2-18-58(19-3-1)85-71-22-8-10-24-73(71)86(74-25-11-9-23-72(74)85)59-42-46-64(47-43-59)91-83-48-44-62(69-28-14-32-77-75-30-12-26-67(87(75)92-89(69)77)60-40-38-56-36-34-54-16-4-6-20-65(54)79(56)50-60)52-81(83)82-53-63(45-49-84(82)91)70-29-15-33-78-76-31-13-27-68(88(76)93-90(70)78)61-41-39-57-37-35-55-17-5-7-21-66(55)80(57)51-61/h1-38,40,42-55,65-66H,39,41H2. The summed E-state index contributed by atoms with van der Waals surface area (Å²) in [4.78, 5) is 0. The molecule has 5 aliphatic carbocycles. The third kappa shape index (κ3) is 8.23. The van der Waals surface area contributed by atoms with E-state index in [1.807, 2.05) is 22.7 Å². The Morgan fingerprint density at radius 2 is 0.774 bits per heavy atom. The van der Waals surface area contributed by atoms with E-state index in [0.717, 1.165) is 18.5 Å². The Morgan fingerprint density at radius 1 is 0.323 bits per heavy atom. The van der Waals surface area contributed by atoms with Gasteiger partial charge in [0.05, 0.1) is 11.0 Å². The molecule has 0 saturated carbocycles. The molecular weight excluding hydrogens is 1160 g/mol. The van der Waals surface area contributed by atoms with Crippen molar-refractivity contribution in [1.82, 2.24) is 4.57 Å². The first-order valence-corrected chi connectivity index (χ1v) is 34.5. The smallest absolute Gasteiger partial charge is 0.0541 e. The number of benzene rings is 12. The van der Waals surface area contributed by atoms with Crippen LogP contribution in [0.1, 0.15) is 35.4 Å². The van der Waals surface area contributed by atoms with Gasteiger partial charge in [-0.1, -0.05) is 267 Å². The van der Waals surface area contributed by atoms with Crippen molar-refractivity contribution in [2.24, 2.45) is 17.8 Å². The van der Waals surface area contributed by atoms with Gasteiger partial charge < -0.3 is 4.57 Å². The summed E-state index contributed by atoms with van der Waals surface area (Å²) in [5.74, 6) is 1.58. The summed E-state index contributed by atoms with van der Waals surface area (Å²) in [7, 11) is 0. The van der Waals surface area contributed by atoms with Crippen LogP contribution in [0.5, 0.6) is 0 Å². The molecule has 0 N–H and O–H groups in total. The van der Waals surface area contributed by atoms with E-state index in [4.69, 9.17) is 0 Å².